The van der Waals surface area contributed by atoms with E-state index in [2.05, 4.69) is 12.1 Å². The van der Waals surface area contributed by atoms with Crippen LogP contribution in [0.3, 0.4) is 0 Å². The fourth-order valence-electron chi connectivity index (χ4n) is 5.47. The lowest BCUT2D eigenvalue weighted by atomic mass is 9.75. The van der Waals surface area contributed by atoms with Gasteiger partial charge in [-0.3, -0.25) is 14.2 Å². The third-order valence-corrected chi connectivity index (χ3v) is 9.59. The van der Waals surface area contributed by atoms with Gasteiger partial charge in [0, 0.05) is 21.1 Å². The molecule has 3 aliphatic rings. The van der Waals surface area contributed by atoms with Gasteiger partial charge in [-0.2, -0.15) is 0 Å². The first-order chi connectivity index (χ1) is 13.6. The van der Waals surface area contributed by atoms with Crippen molar-refractivity contribution in [3.8, 4) is 0 Å². The van der Waals surface area contributed by atoms with Gasteiger partial charge in [-0.05, 0) is 61.6 Å². The summed E-state index contributed by atoms with van der Waals surface area (Å²) in [5.41, 5.74) is 1.23. The van der Waals surface area contributed by atoms with Crippen molar-refractivity contribution < 1.29 is 9.53 Å². The maximum Gasteiger partial charge on any atom is 0.326 e. The molecule has 2 aliphatic carbocycles. The number of nitrogens with zero attached hydrogens (tertiary/aromatic N) is 1. The first-order valence-corrected chi connectivity index (χ1v) is 12.0. The van der Waals surface area contributed by atoms with Crippen LogP contribution >= 0.6 is 34.7 Å². The second-order valence-electron chi connectivity index (χ2n) is 7.95. The topological polar surface area (TPSA) is 48.3 Å². The van der Waals surface area contributed by atoms with E-state index in [0.29, 0.717) is 23.7 Å². The van der Waals surface area contributed by atoms with Gasteiger partial charge in [0.1, 0.15) is 6.54 Å². The highest BCUT2D eigenvalue weighted by molar-refractivity contribution is 8.00. The monoisotopic (exact) mass is 435 g/mol. The Morgan fingerprint density at radius 3 is 2.75 bits per heavy atom. The molecule has 7 heteroatoms. The molecule has 2 fully saturated rings. The smallest absolute Gasteiger partial charge is 0.326 e. The molecule has 5 atom stereocenters. The zero-order chi connectivity index (χ0) is 19.4. The minimum absolute atomic E-state index is 0.00429. The van der Waals surface area contributed by atoms with Crippen LogP contribution in [0, 0.1) is 17.8 Å². The lowest BCUT2D eigenvalue weighted by molar-refractivity contribution is -0.144. The number of aromatic nitrogens is 1. The minimum atomic E-state index is -0.344. The number of ether oxygens (including phenoxy) is 1. The highest BCUT2D eigenvalue weighted by Crippen LogP contribution is 2.64. The fourth-order valence-corrected chi connectivity index (χ4v) is 8.74. The van der Waals surface area contributed by atoms with E-state index in [1.54, 1.807) is 11.5 Å². The second-order valence-corrected chi connectivity index (χ2v) is 10.5. The third-order valence-electron chi connectivity index (χ3n) is 6.51. The molecule has 1 aliphatic heterocycles. The SMILES string of the molecule is CCOC(=O)Cn1c2c(sc1=O)[C@@H](c1ccc(Cl)cc1)[C@H]1[C@H]3CC[C@H](C3)[C@@H]1S2. The van der Waals surface area contributed by atoms with Gasteiger partial charge in [0.2, 0.25) is 0 Å². The van der Waals surface area contributed by atoms with E-state index in [-0.39, 0.29) is 23.3 Å². The summed E-state index contributed by atoms with van der Waals surface area (Å²) in [4.78, 5) is 26.0. The summed E-state index contributed by atoms with van der Waals surface area (Å²) in [6.07, 6.45) is 3.88. The molecule has 0 amide bonds. The molecular weight excluding hydrogens is 414 g/mol. The molecule has 28 heavy (non-hydrogen) atoms. The normalized spacial score (nSPS) is 30.1. The Kier molecular flexibility index (Phi) is 4.84. The number of thioether (sulfide) groups is 1. The van der Waals surface area contributed by atoms with Gasteiger partial charge in [-0.1, -0.05) is 35.1 Å². The van der Waals surface area contributed by atoms with E-state index in [1.165, 1.54) is 36.2 Å². The Labute approximate surface area is 177 Å². The van der Waals surface area contributed by atoms with Crippen molar-refractivity contribution in [2.75, 3.05) is 6.61 Å². The van der Waals surface area contributed by atoms with Gasteiger partial charge < -0.3 is 4.74 Å². The van der Waals surface area contributed by atoms with Crippen LogP contribution in [0.1, 0.15) is 42.5 Å². The highest BCUT2D eigenvalue weighted by Gasteiger charge is 2.55. The van der Waals surface area contributed by atoms with Crippen molar-refractivity contribution in [1.82, 2.24) is 4.57 Å². The van der Waals surface area contributed by atoms with Gasteiger partial charge in [0.25, 0.3) is 0 Å². The van der Waals surface area contributed by atoms with Crippen molar-refractivity contribution >= 4 is 40.7 Å². The van der Waals surface area contributed by atoms with Crippen molar-refractivity contribution in [2.45, 2.75) is 48.9 Å². The molecule has 1 aromatic heterocycles. The summed E-state index contributed by atoms with van der Waals surface area (Å²) in [5.74, 6) is 1.88. The zero-order valence-corrected chi connectivity index (χ0v) is 18.0. The second kappa shape index (κ2) is 7.22. The van der Waals surface area contributed by atoms with Crippen molar-refractivity contribution in [2.24, 2.45) is 17.8 Å². The van der Waals surface area contributed by atoms with Gasteiger partial charge in [0.15, 0.2) is 0 Å². The number of carbonyl (C=O) groups is 1. The van der Waals surface area contributed by atoms with Crippen LogP contribution in [-0.2, 0) is 16.1 Å². The third kappa shape index (κ3) is 2.96. The molecule has 2 aromatic rings. The number of hydrogen-bond donors (Lipinski definition) is 0. The largest absolute Gasteiger partial charge is 0.465 e. The summed E-state index contributed by atoms with van der Waals surface area (Å²) < 4.78 is 6.75. The average Bonchev–Trinajstić information content (AvgIpc) is 3.36. The van der Waals surface area contributed by atoms with Gasteiger partial charge in [-0.15, -0.1) is 11.8 Å². The number of rotatable bonds is 4. The number of esters is 1. The Balaban J connectivity index is 1.61. The van der Waals surface area contributed by atoms with Crippen LogP contribution in [0.4, 0.5) is 0 Å². The number of carbonyl (C=O) groups excluding carboxylic acids is 1. The minimum Gasteiger partial charge on any atom is -0.465 e. The first-order valence-electron chi connectivity index (χ1n) is 9.88. The zero-order valence-electron chi connectivity index (χ0n) is 15.6. The van der Waals surface area contributed by atoms with Crippen LogP contribution in [0.2, 0.25) is 5.02 Å². The van der Waals surface area contributed by atoms with E-state index >= 15 is 0 Å². The highest BCUT2D eigenvalue weighted by atomic mass is 35.5. The summed E-state index contributed by atoms with van der Waals surface area (Å²) in [7, 11) is 0. The standard InChI is InChI=1S/C21H22ClNO3S2/c1-2-26-15(24)10-23-20-19(28-21(23)25)16(11-5-7-14(22)8-6-11)17-12-3-4-13(9-12)18(17)27-20/h5-8,12-13,16-18H,2-4,9-10H2,1H3/t12-,13+,16-,17+,18-/m0/s1. The van der Waals surface area contributed by atoms with E-state index in [9.17, 15) is 9.59 Å². The number of hydrogen-bond acceptors (Lipinski definition) is 5. The Hall–Kier alpha value is -1.24. The van der Waals surface area contributed by atoms with Gasteiger partial charge in [-0.25, -0.2) is 0 Å². The van der Waals surface area contributed by atoms with Crippen LogP contribution in [0.15, 0.2) is 34.1 Å². The quantitative estimate of drug-likeness (QED) is 0.648. The molecule has 4 nitrogen and oxygen atoms in total. The van der Waals surface area contributed by atoms with E-state index in [4.69, 9.17) is 16.3 Å². The molecule has 2 saturated carbocycles. The molecule has 5 rings (SSSR count). The van der Waals surface area contributed by atoms with Gasteiger partial charge in [0.05, 0.1) is 11.6 Å². The number of fused-ring (bicyclic) bond motifs is 6. The van der Waals surface area contributed by atoms with E-state index in [0.717, 1.165) is 20.8 Å². The predicted molar refractivity (Wildman–Crippen MR) is 112 cm³/mol. The lowest BCUT2D eigenvalue weighted by Crippen LogP contribution is -2.34. The van der Waals surface area contributed by atoms with Crippen LogP contribution in [0.25, 0.3) is 0 Å². The first kappa shape index (κ1) is 18.8. The van der Waals surface area contributed by atoms with Crippen molar-refractivity contribution in [3.63, 3.8) is 0 Å². The molecule has 148 valence electrons. The predicted octanol–water partition coefficient (Wildman–Crippen LogP) is 4.78. The molecule has 2 heterocycles. The fraction of sp³-hybridized carbons (Fsp3) is 0.524. The summed E-state index contributed by atoms with van der Waals surface area (Å²) in [6.45, 7) is 2.12. The summed E-state index contributed by atoms with van der Waals surface area (Å²) in [6, 6.07) is 8.10. The van der Waals surface area contributed by atoms with Gasteiger partial charge >= 0.3 is 10.8 Å². The van der Waals surface area contributed by atoms with E-state index < -0.39 is 0 Å². The maximum atomic E-state index is 12.8. The van der Waals surface area contributed by atoms with Crippen molar-refractivity contribution in [3.05, 3.63) is 49.4 Å². The number of benzene rings is 1. The molecule has 0 spiro atoms. The van der Waals surface area contributed by atoms with Crippen LogP contribution in [0.5, 0.6) is 0 Å². The molecular formula is C21H22ClNO3S2. The Bertz CT molecular complexity index is 967. The molecule has 0 N–H and O–H groups in total. The number of halogens is 1. The molecule has 0 radical (unpaired) electrons. The average molecular weight is 436 g/mol. The molecule has 2 bridgehead atoms. The lowest BCUT2D eigenvalue weighted by Gasteiger charge is -2.40. The molecule has 0 unspecified atom stereocenters. The number of thiazole rings is 1. The summed E-state index contributed by atoms with van der Waals surface area (Å²) in [5, 5.41) is 2.23. The van der Waals surface area contributed by atoms with Crippen LogP contribution < -0.4 is 4.87 Å². The molecule has 1 aromatic carbocycles. The molecule has 0 saturated heterocycles. The van der Waals surface area contributed by atoms with Crippen molar-refractivity contribution in [1.29, 1.82) is 0 Å². The summed E-state index contributed by atoms with van der Waals surface area (Å²) >= 11 is 9.28. The van der Waals surface area contributed by atoms with E-state index in [1.807, 2.05) is 23.9 Å². The Morgan fingerprint density at radius 1 is 1.25 bits per heavy atom. The van der Waals surface area contributed by atoms with Crippen LogP contribution in [-0.4, -0.2) is 22.4 Å². The Morgan fingerprint density at radius 2 is 2.00 bits per heavy atom. The maximum absolute atomic E-state index is 12.8.